The molecule has 0 spiro atoms. The van der Waals surface area contributed by atoms with Gasteiger partial charge in [-0.15, -0.1) is 0 Å². The molecule has 0 radical (unpaired) electrons. The van der Waals surface area contributed by atoms with Crippen LogP contribution >= 0.6 is 0 Å². The predicted octanol–water partition coefficient (Wildman–Crippen LogP) is 1.26. The lowest BCUT2D eigenvalue weighted by molar-refractivity contribution is 0.0678. The van der Waals surface area contributed by atoms with E-state index in [0.29, 0.717) is 12.2 Å². The van der Waals surface area contributed by atoms with Crippen molar-refractivity contribution in [3.8, 4) is 0 Å². The number of aromatic carboxylic acids is 1. The van der Waals surface area contributed by atoms with Gasteiger partial charge in [0.2, 0.25) is 0 Å². The van der Waals surface area contributed by atoms with Crippen molar-refractivity contribution in [1.82, 2.24) is 9.47 Å². The molecule has 21 heavy (non-hydrogen) atoms. The van der Waals surface area contributed by atoms with Crippen molar-refractivity contribution in [3.63, 3.8) is 0 Å². The van der Waals surface area contributed by atoms with Crippen LogP contribution in [0.2, 0.25) is 0 Å². The van der Waals surface area contributed by atoms with Gasteiger partial charge in [0.25, 0.3) is 0 Å². The van der Waals surface area contributed by atoms with Gasteiger partial charge >= 0.3 is 5.97 Å². The quantitative estimate of drug-likeness (QED) is 0.855. The topological polar surface area (TPSA) is 79.6 Å². The van der Waals surface area contributed by atoms with Gasteiger partial charge in [-0.25, -0.2) is 13.2 Å². The molecule has 0 bridgehead atoms. The molecule has 1 saturated heterocycles. The first-order chi connectivity index (χ1) is 9.93. The summed E-state index contributed by atoms with van der Waals surface area (Å²) in [4.78, 5) is 13.3. The molecule has 2 rings (SSSR count). The highest BCUT2D eigenvalue weighted by Gasteiger charge is 2.23. The van der Waals surface area contributed by atoms with E-state index in [2.05, 4.69) is 4.90 Å². The third-order valence-electron chi connectivity index (χ3n) is 4.11. The van der Waals surface area contributed by atoms with Crippen molar-refractivity contribution < 1.29 is 18.3 Å². The summed E-state index contributed by atoms with van der Waals surface area (Å²) in [6.45, 7) is 3.85. The van der Waals surface area contributed by atoms with Crippen LogP contribution in [0.3, 0.4) is 0 Å². The molecule has 0 saturated carbocycles. The molecule has 1 aliphatic rings. The Morgan fingerprint density at radius 3 is 2.62 bits per heavy atom. The maximum atomic E-state index is 11.5. The van der Waals surface area contributed by atoms with Gasteiger partial charge in [-0.2, -0.15) is 0 Å². The molecule has 118 valence electrons. The highest BCUT2D eigenvalue weighted by atomic mass is 32.2. The maximum absolute atomic E-state index is 11.5. The number of carbonyl (C=O) groups is 1. The Balaban J connectivity index is 1.89. The zero-order chi connectivity index (χ0) is 15.5. The van der Waals surface area contributed by atoms with Gasteiger partial charge in [-0.05, 0) is 25.0 Å². The molecule has 0 unspecified atom stereocenters. The first-order valence-corrected chi connectivity index (χ1v) is 9.08. The SMILES string of the molecule is CCS(=O)(=O)CCN1CCC(n2cccc2C(=O)O)CC1. The largest absolute Gasteiger partial charge is 0.477 e. The summed E-state index contributed by atoms with van der Waals surface area (Å²) < 4.78 is 24.9. The summed E-state index contributed by atoms with van der Waals surface area (Å²) >= 11 is 0. The van der Waals surface area contributed by atoms with E-state index in [1.165, 1.54) is 0 Å². The number of hydrogen-bond donors (Lipinski definition) is 1. The van der Waals surface area contributed by atoms with Crippen LogP contribution in [0.5, 0.6) is 0 Å². The van der Waals surface area contributed by atoms with Crippen molar-refractivity contribution in [2.24, 2.45) is 0 Å². The first kappa shape index (κ1) is 16.0. The van der Waals surface area contributed by atoms with E-state index in [1.807, 2.05) is 10.8 Å². The van der Waals surface area contributed by atoms with Crippen LogP contribution in [0, 0.1) is 0 Å². The Labute approximate surface area is 125 Å². The van der Waals surface area contributed by atoms with Gasteiger partial charge in [-0.3, -0.25) is 0 Å². The second-order valence-electron chi connectivity index (χ2n) is 5.42. The molecule has 0 aliphatic carbocycles. The number of likely N-dealkylation sites (tertiary alicyclic amines) is 1. The van der Waals surface area contributed by atoms with E-state index in [-0.39, 0.29) is 17.5 Å². The third-order valence-corrected chi connectivity index (χ3v) is 5.79. The van der Waals surface area contributed by atoms with Crippen LogP contribution in [0.15, 0.2) is 18.3 Å². The van der Waals surface area contributed by atoms with Crippen LogP contribution in [-0.4, -0.2) is 60.1 Å². The Morgan fingerprint density at radius 1 is 1.38 bits per heavy atom. The number of aromatic nitrogens is 1. The standard InChI is InChI=1S/C14H22N2O4S/c1-2-21(19,20)11-10-15-8-5-12(6-9-15)16-7-3-4-13(16)14(17)18/h3-4,7,12H,2,5-6,8-11H2,1H3,(H,17,18). The highest BCUT2D eigenvalue weighted by Crippen LogP contribution is 2.24. The van der Waals surface area contributed by atoms with E-state index in [9.17, 15) is 13.2 Å². The average molecular weight is 314 g/mol. The lowest BCUT2D eigenvalue weighted by Crippen LogP contribution is -2.38. The van der Waals surface area contributed by atoms with Crippen molar-refractivity contribution in [3.05, 3.63) is 24.0 Å². The number of nitrogens with zero attached hydrogens (tertiary/aromatic N) is 2. The zero-order valence-corrected chi connectivity index (χ0v) is 13.1. The number of rotatable bonds is 6. The molecule has 0 amide bonds. The normalized spacial score (nSPS) is 18.0. The van der Waals surface area contributed by atoms with E-state index in [0.717, 1.165) is 25.9 Å². The van der Waals surface area contributed by atoms with Crippen molar-refractivity contribution in [1.29, 1.82) is 0 Å². The van der Waals surface area contributed by atoms with Gasteiger partial charge in [0.1, 0.15) is 5.69 Å². The molecule has 1 aliphatic heterocycles. The molecule has 7 heteroatoms. The maximum Gasteiger partial charge on any atom is 0.352 e. The lowest BCUT2D eigenvalue weighted by atomic mass is 10.0. The fraction of sp³-hybridized carbons (Fsp3) is 0.643. The van der Waals surface area contributed by atoms with Gasteiger partial charge in [0.15, 0.2) is 9.84 Å². The van der Waals surface area contributed by atoms with E-state index >= 15 is 0 Å². The van der Waals surface area contributed by atoms with Crippen LogP contribution in [0.25, 0.3) is 0 Å². The summed E-state index contributed by atoms with van der Waals surface area (Å²) in [5, 5.41) is 9.14. The number of hydrogen-bond acceptors (Lipinski definition) is 4. The zero-order valence-electron chi connectivity index (χ0n) is 12.2. The molecular weight excluding hydrogens is 292 g/mol. The first-order valence-electron chi connectivity index (χ1n) is 7.26. The van der Waals surface area contributed by atoms with Crippen LogP contribution in [0.1, 0.15) is 36.3 Å². The Hall–Kier alpha value is -1.34. The number of carboxylic acids is 1. The Morgan fingerprint density at radius 2 is 2.05 bits per heavy atom. The predicted molar refractivity (Wildman–Crippen MR) is 80.4 cm³/mol. The molecule has 1 fully saturated rings. The average Bonchev–Trinajstić information content (AvgIpc) is 2.95. The molecule has 1 aromatic heterocycles. The molecular formula is C14H22N2O4S. The molecule has 1 N–H and O–H groups in total. The van der Waals surface area contributed by atoms with Crippen LogP contribution in [0.4, 0.5) is 0 Å². The molecule has 6 nitrogen and oxygen atoms in total. The van der Waals surface area contributed by atoms with Crippen LogP contribution in [-0.2, 0) is 9.84 Å². The summed E-state index contributed by atoms with van der Waals surface area (Å²) in [5.41, 5.74) is 0.321. The molecule has 2 heterocycles. The third kappa shape index (κ3) is 4.07. The van der Waals surface area contributed by atoms with Crippen LogP contribution < -0.4 is 0 Å². The van der Waals surface area contributed by atoms with E-state index in [1.54, 1.807) is 19.1 Å². The second kappa shape index (κ2) is 6.62. The van der Waals surface area contributed by atoms with Gasteiger partial charge in [0, 0.05) is 37.6 Å². The Bertz CT molecular complexity index is 586. The minimum Gasteiger partial charge on any atom is -0.477 e. The summed E-state index contributed by atoms with van der Waals surface area (Å²) in [7, 11) is -2.92. The Kier molecular flexibility index (Phi) is 5.05. The van der Waals surface area contributed by atoms with Crippen molar-refractivity contribution >= 4 is 15.8 Å². The number of sulfone groups is 1. The monoisotopic (exact) mass is 314 g/mol. The smallest absolute Gasteiger partial charge is 0.352 e. The fourth-order valence-electron chi connectivity index (χ4n) is 2.73. The van der Waals surface area contributed by atoms with Gasteiger partial charge < -0.3 is 14.6 Å². The van der Waals surface area contributed by atoms with E-state index in [4.69, 9.17) is 5.11 Å². The number of carboxylic acid groups (broad SMARTS) is 1. The molecule has 1 aromatic rings. The van der Waals surface area contributed by atoms with Gasteiger partial charge in [-0.1, -0.05) is 6.92 Å². The van der Waals surface area contributed by atoms with Gasteiger partial charge in [0.05, 0.1) is 5.75 Å². The summed E-state index contributed by atoms with van der Waals surface area (Å²) in [6.07, 6.45) is 3.51. The molecule has 0 atom stereocenters. The minimum atomic E-state index is -2.92. The summed E-state index contributed by atoms with van der Waals surface area (Å²) in [6, 6.07) is 3.55. The van der Waals surface area contributed by atoms with Crippen molar-refractivity contribution in [2.45, 2.75) is 25.8 Å². The molecule has 0 aromatic carbocycles. The fourth-order valence-corrected chi connectivity index (χ4v) is 3.55. The van der Waals surface area contributed by atoms with Crippen molar-refractivity contribution in [2.75, 3.05) is 31.1 Å². The number of piperidine rings is 1. The van der Waals surface area contributed by atoms with E-state index < -0.39 is 15.8 Å². The summed E-state index contributed by atoms with van der Waals surface area (Å²) in [5.74, 6) is -0.510. The minimum absolute atomic E-state index is 0.185. The highest BCUT2D eigenvalue weighted by molar-refractivity contribution is 7.91. The lowest BCUT2D eigenvalue weighted by Gasteiger charge is -2.33. The second-order valence-corrected chi connectivity index (χ2v) is 7.89.